The lowest BCUT2D eigenvalue weighted by Crippen LogP contribution is -2.31. The lowest BCUT2D eigenvalue weighted by atomic mass is 10.3. The van der Waals surface area contributed by atoms with E-state index in [2.05, 4.69) is 4.98 Å². The largest absolute Gasteiger partial charge is 0.473 e. The smallest absolute Gasteiger partial charge is 0.419 e. The van der Waals surface area contributed by atoms with E-state index >= 15 is 0 Å². The van der Waals surface area contributed by atoms with Gasteiger partial charge in [0.15, 0.2) is 5.58 Å². The van der Waals surface area contributed by atoms with E-state index in [9.17, 15) is 13.2 Å². The fraction of sp³-hybridized carbons (Fsp3) is 0.278. The van der Waals surface area contributed by atoms with E-state index in [0.29, 0.717) is 29.6 Å². The van der Waals surface area contributed by atoms with Crippen molar-refractivity contribution in [1.82, 2.24) is 13.9 Å². The normalized spacial score (nSPS) is 17.6. The first-order valence-electron chi connectivity index (χ1n) is 8.51. The predicted molar refractivity (Wildman–Crippen MR) is 98.2 cm³/mol. The maximum Gasteiger partial charge on any atom is 0.419 e. The van der Waals surface area contributed by atoms with Gasteiger partial charge in [-0.2, -0.15) is 9.57 Å². The summed E-state index contributed by atoms with van der Waals surface area (Å²) in [4.78, 5) is 15.8. The lowest BCUT2D eigenvalue weighted by molar-refractivity contribution is 0.207. The maximum atomic E-state index is 13.0. The summed E-state index contributed by atoms with van der Waals surface area (Å²) in [7, 11) is -2.23. The number of nitriles is 1. The van der Waals surface area contributed by atoms with Crippen LogP contribution in [-0.2, 0) is 17.1 Å². The molecule has 3 heterocycles. The number of fused-ring (bicyclic) bond motifs is 1. The molecule has 1 aliphatic rings. The van der Waals surface area contributed by atoms with Gasteiger partial charge in [-0.1, -0.05) is 0 Å². The molecule has 0 saturated carbocycles. The van der Waals surface area contributed by atoms with Crippen molar-refractivity contribution in [2.24, 2.45) is 7.05 Å². The van der Waals surface area contributed by atoms with Crippen LogP contribution in [0.2, 0.25) is 0 Å². The zero-order valence-corrected chi connectivity index (χ0v) is 15.7. The number of aryl methyl sites for hydroxylation is 1. The molecule has 3 aromatic rings. The average molecular weight is 400 g/mol. The van der Waals surface area contributed by atoms with Gasteiger partial charge in [0.25, 0.3) is 0 Å². The van der Waals surface area contributed by atoms with Crippen LogP contribution in [0.25, 0.3) is 11.1 Å². The fourth-order valence-electron chi connectivity index (χ4n) is 3.14. The van der Waals surface area contributed by atoms with Crippen LogP contribution in [0.15, 0.2) is 50.6 Å². The first-order valence-corrected chi connectivity index (χ1v) is 9.95. The van der Waals surface area contributed by atoms with Crippen LogP contribution in [0.1, 0.15) is 12.0 Å². The van der Waals surface area contributed by atoms with E-state index < -0.39 is 15.8 Å². The van der Waals surface area contributed by atoms with E-state index in [-0.39, 0.29) is 23.4 Å². The Morgan fingerprint density at radius 1 is 1.32 bits per heavy atom. The SMILES string of the molecule is Cn1c(=O)oc2ccc(S(=O)(=O)N3CCC(Oc4cc(C#N)ccn4)C3)cc21. The summed E-state index contributed by atoms with van der Waals surface area (Å²) in [5.74, 6) is -0.260. The van der Waals surface area contributed by atoms with E-state index in [0.717, 1.165) is 0 Å². The Balaban J connectivity index is 1.55. The highest BCUT2D eigenvalue weighted by Crippen LogP contribution is 2.26. The highest BCUT2D eigenvalue weighted by molar-refractivity contribution is 7.89. The number of benzene rings is 1. The van der Waals surface area contributed by atoms with Gasteiger partial charge < -0.3 is 9.15 Å². The summed E-state index contributed by atoms with van der Waals surface area (Å²) >= 11 is 0. The minimum atomic E-state index is -3.75. The molecule has 0 amide bonds. The third kappa shape index (κ3) is 3.15. The Hall–Kier alpha value is -3.16. The highest BCUT2D eigenvalue weighted by Gasteiger charge is 2.34. The Morgan fingerprint density at radius 2 is 2.14 bits per heavy atom. The summed E-state index contributed by atoms with van der Waals surface area (Å²) in [6, 6.07) is 9.43. The fourth-order valence-corrected chi connectivity index (χ4v) is 4.65. The van der Waals surface area contributed by atoms with E-state index in [1.54, 1.807) is 6.07 Å². The number of oxazole rings is 1. The molecule has 0 bridgehead atoms. The Bertz CT molecular complexity index is 1250. The Labute approximate surface area is 160 Å². The van der Waals surface area contributed by atoms with Gasteiger partial charge in [0, 0.05) is 25.9 Å². The van der Waals surface area contributed by atoms with Gasteiger partial charge in [-0.05, 0) is 30.7 Å². The van der Waals surface area contributed by atoms with Gasteiger partial charge in [-0.3, -0.25) is 4.57 Å². The average Bonchev–Trinajstić information content (AvgIpc) is 3.27. The molecule has 1 atom stereocenters. The van der Waals surface area contributed by atoms with Gasteiger partial charge in [0.05, 0.1) is 28.6 Å². The zero-order chi connectivity index (χ0) is 19.9. The van der Waals surface area contributed by atoms with E-state index in [1.165, 1.54) is 46.4 Å². The number of hydrogen-bond acceptors (Lipinski definition) is 7. The number of aromatic nitrogens is 2. The van der Waals surface area contributed by atoms with Crippen molar-refractivity contribution < 1.29 is 17.6 Å². The predicted octanol–water partition coefficient (Wildman–Crippen LogP) is 1.24. The number of ether oxygens (including phenoxy) is 1. The number of pyridine rings is 1. The maximum absolute atomic E-state index is 13.0. The van der Waals surface area contributed by atoms with E-state index in [4.69, 9.17) is 14.4 Å². The first kappa shape index (κ1) is 18.2. The van der Waals surface area contributed by atoms with Gasteiger partial charge in [-0.25, -0.2) is 18.2 Å². The Morgan fingerprint density at radius 3 is 2.93 bits per heavy atom. The van der Waals surface area contributed by atoms with Crippen molar-refractivity contribution in [2.45, 2.75) is 17.4 Å². The lowest BCUT2D eigenvalue weighted by Gasteiger charge is -2.17. The number of sulfonamides is 1. The molecule has 1 aromatic carbocycles. The topological polar surface area (TPSA) is 118 Å². The van der Waals surface area contributed by atoms with Crippen LogP contribution in [0.4, 0.5) is 0 Å². The zero-order valence-electron chi connectivity index (χ0n) is 14.9. The molecule has 0 spiro atoms. The van der Waals surface area contributed by atoms with Crippen LogP contribution in [0, 0.1) is 11.3 Å². The summed E-state index contributed by atoms with van der Waals surface area (Å²) in [6.45, 7) is 0.469. The van der Waals surface area contributed by atoms with Crippen LogP contribution in [0.3, 0.4) is 0 Å². The molecule has 1 saturated heterocycles. The minimum Gasteiger partial charge on any atom is -0.473 e. The van der Waals surface area contributed by atoms with Crippen molar-refractivity contribution in [3.63, 3.8) is 0 Å². The monoisotopic (exact) mass is 400 g/mol. The number of rotatable bonds is 4. The third-order valence-electron chi connectivity index (χ3n) is 4.66. The summed E-state index contributed by atoms with van der Waals surface area (Å²) in [5, 5.41) is 8.95. The van der Waals surface area contributed by atoms with Crippen molar-refractivity contribution in [3.8, 4) is 11.9 Å². The molecule has 9 nitrogen and oxygen atoms in total. The Kier molecular flexibility index (Phi) is 4.41. The van der Waals surface area contributed by atoms with Gasteiger partial charge >= 0.3 is 5.76 Å². The number of hydrogen-bond donors (Lipinski definition) is 0. The molecule has 144 valence electrons. The summed E-state index contributed by atoms with van der Waals surface area (Å²) in [6.07, 6.45) is 1.62. The molecule has 28 heavy (non-hydrogen) atoms. The molecule has 0 N–H and O–H groups in total. The molecule has 10 heteroatoms. The van der Waals surface area contributed by atoms with Crippen molar-refractivity contribution in [3.05, 3.63) is 52.6 Å². The standard InChI is InChI=1S/C18H16N4O5S/c1-21-15-9-14(2-3-16(15)27-18(21)23)28(24,25)22-7-5-13(11-22)26-17-8-12(10-19)4-6-20-17/h2-4,6,8-9,13H,5,7,11H2,1H3. The van der Waals surface area contributed by atoms with E-state index in [1.807, 2.05) is 6.07 Å². The third-order valence-corrected chi connectivity index (χ3v) is 6.52. The molecular formula is C18H16N4O5S. The molecule has 0 radical (unpaired) electrons. The van der Waals surface area contributed by atoms with Gasteiger partial charge in [-0.15, -0.1) is 0 Å². The van der Waals surface area contributed by atoms with Crippen LogP contribution in [-0.4, -0.2) is 41.5 Å². The second-order valence-corrected chi connectivity index (χ2v) is 8.38. The molecule has 1 aliphatic heterocycles. The molecule has 1 fully saturated rings. The highest BCUT2D eigenvalue weighted by atomic mass is 32.2. The molecule has 4 rings (SSSR count). The summed E-state index contributed by atoms with van der Waals surface area (Å²) < 4.78 is 39.4. The molecule has 0 aliphatic carbocycles. The van der Waals surface area contributed by atoms with Crippen LogP contribution < -0.4 is 10.5 Å². The minimum absolute atomic E-state index is 0.0849. The van der Waals surface area contributed by atoms with Crippen molar-refractivity contribution in [1.29, 1.82) is 5.26 Å². The van der Waals surface area contributed by atoms with Crippen LogP contribution in [0.5, 0.6) is 5.88 Å². The molecule has 2 aromatic heterocycles. The quantitative estimate of drug-likeness (QED) is 0.646. The summed E-state index contributed by atoms with van der Waals surface area (Å²) in [5.41, 5.74) is 1.17. The van der Waals surface area contributed by atoms with Crippen molar-refractivity contribution >= 4 is 21.1 Å². The molecular weight excluding hydrogens is 384 g/mol. The van der Waals surface area contributed by atoms with Crippen LogP contribution >= 0.6 is 0 Å². The first-order chi connectivity index (χ1) is 13.4. The van der Waals surface area contributed by atoms with Crippen molar-refractivity contribution in [2.75, 3.05) is 13.1 Å². The second kappa shape index (κ2) is 6.78. The molecule has 1 unspecified atom stereocenters. The number of nitrogens with zero attached hydrogens (tertiary/aromatic N) is 4. The van der Waals surface area contributed by atoms with Gasteiger partial charge in [0.1, 0.15) is 6.10 Å². The second-order valence-electron chi connectivity index (χ2n) is 6.44. The van der Waals surface area contributed by atoms with Gasteiger partial charge in [0.2, 0.25) is 15.9 Å².